The molecule has 2 aromatic rings. The summed E-state index contributed by atoms with van der Waals surface area (Å²) in [5, 5.41) is 2.39. The van der Waals surface area contributed by atoms with Gasteiger partial charge in [0.25, 0.3) is 12.9 Å². The number of likely N-dealkylation sites (N-methyl/N-ethyl adjacent to an activating group) is 1. The fraction of sp³-hybridized carbons (Fsp3) is 0.706. The third kappa shape index (κ3) is 47.0. The lowest BCUT2D eigenvalue weighted by Gasteiger charge is -2.19. The third-order valence-corrected chi connectivity index (χ3v) is 14.3. The van der Waals surface area contributed by atoms with Crippen molar-refractivity contribution in [2.24, 2.45) is 11.8 Å². The lowest BCUT2D eigenvalue weighted by atomic mass is 9.94. The highest BCUT2D eigenvalue weighted by atomic mass is 16.7. The zero-order valence-electron chi connectivity index (χ0n) is 52.2. The van der Waals surface area contributed by atoms with Gasteiger partial charge < -0.3 is 33.3 Å². The Morgan fingerprint density at radius 1 is 0.556 bits per heavy atom. The molecular weight excluding hydrogens is 1020 g/mol. The van der Waals surface area contributed by atoms with Gasteiger partial charge in [-0.3, -0.25) is 28.8 Å². The first kappa shape index (κ1) is 75.8. The van der Waals surface area contributed by atoms with Crippen molar-refractivity contribution in [3.05, 3.63) is 66.3 Å². The normalized spacial score (nSPS) is 12.1. The number of allylic oxidation sites excluding steroid dienone is 4. The molecule has 0 N–H and O–H groups in total. The first-order valence-electron chi connectivity index (χ1n) is 31.5. The minimum atomic E-state index is -0.875. The Balaban J connectivity index is 0.00000140. The van der Waals surface area contributed by atoms with Gasteiger partial charge >= 0.3 is 17.9 Å². The van der Waals surface area contributed by atoms with E-state index in [1.165, 1.54) is 151 Å². The van der Waals surface area contributed by atoms with Crippen LogP contribution in [-0.2, 0) is 58.9 Å². The number of fused-ring (bicyclic) bond motifs is 1. The SMILES string of the molecule is CCCCCCCC/C=C\CCCCCCCC.CCCCCCCC/C=C\CCCCCCCC(=O)OCC(COC=O)OC(=O)CC(C)CCC(C)CC(=O)OCOC=O.COc1ccc2cccc(CCN(C)C(C)=O)c2c1. The number of rotatable bonds is 49. The van der Waals surface area contributed by atoms with Gasteiger partial charge in [0.2, 0.25) is 12.7 Å². The van der Waals surface area contributed by atoms with Gasteiger partial charge in [-0.1, -0.05) is 199 Å². The highest BCUT2D eigenvalue weighted by molar-refractivity contribution is 5.87. The summed E-state index contributed by atoms with van der Waals surface area (Å²) in [6.45, 7) is 12.6. The Kier molecular flexibility index (Phi) is 51.8. The average Bonchev–Trinajstić information content (AvgIpc) is 3.49. The van der Waals surface area contributed by atoms with E-state index in [2.05, 4.69) is 80.1 Å². The molecule has 0 radical (unpaired) electrons. The lowest BCUT2D eigenvalue weighted by Crippen LogP contribution is -2.30. The van der Waals surface area contributed by atoms with Gasteiger partial charge in [0.15, 0.2) is 6.10 Å². The van der Waals surface area contributed by atoms with Crippen LogP contribution >= 0.6 is 0 Å². The van der Waals surface area contributed by atoms with Gasteiger partial charge in [-0.2, -0.15) is 0 Å². The molecular formula is C68H113NO12. The number of methoxy groups -OCH3 is 1. The second-order valence-corrected chi connectivity index (χ2v) is 21.9. The topological polar surface area (TPSA) is 161 Å². The molecule has 0 spiro atoms. The summed E-state index contributed by atoms with van der Waals surface area (Å²) in [6, 6.07) is 12.3. The van der Waals surface area contributed by atoms with Crippen molar-refractivity contribution in [1.82, 2.24) is 4.90 Å². The molecule has 3 unspecified atom stereocenters. The molecule has 13 nitrogen and oxygen atoms in total. The van der Waals surface area contributed by atoms with Gasteiger partial charge in [0, 0.05) is 39.8 Å². The van der Waals surface area contributed by atoms with Gasteiger partial charge in [-0.25, -0.2) is 0 Å². The summed E-state index contributed by atoms with van der Waals surface area (Å²) in [7, 11) is 3.50. The van der Waals surface area contributed by atoms with Gasteiger partial charge in [-0.15, -0.1) is 0 Å². The van der Waals surface area contributed by atoms with Crippen molar-refractivity contribution in [2.75, 3.05) is 40.7 Å². The number of unbranched alkanes of at least 4 members (excludes halogenated alkanes) is 23. The van der Waals surface area contributed by atoms with Gasteiger partial charge in [-0.05, 0) is 117 Å². The van der Waals surface area contributed by atoms with Crippen molar-refractivity contribution >= 4 is 47.5 Å². The van der Waals surface area contributed by atoms with Gasteiger partial charge in [0.1, 0.15) is 19.0 Å². The molecule has 462 valence electrons. The zero-order chi connectivity index (χ0) is 59.8. The summed E-state index contributed by atoms with van der Waals surface area (Å²) < 4.78 is 29.8. The lowest BCUT2D eigenvalue weighted by molar-refractivity contribution is -0.164. The molecule has 0 bridgehead atoms. The van der Waals surface area contributed by atoms with Crippen molar-refractivity contribution in [3.8, 4) is 5.75 Å². The monoisotopic (exact) mass is 1140 g/mol. The predicted octanol–water partition coefficient (Wildman–Crippen LogP) is 17.1. The van der Waals surface area contributed by atoms with E-state index in [-0.39, 0.29) is 62.7 Å². The van der Waals surface area contributed by atoms with Crippen LogP contribution in [0.25, 0.3) is 10.8 Å². The molecule has 1 amide bonds. The maximum absolute atomic E-state index is 12.4. The number of benzene rings is 2. The third-order valence-electron chi connectivity index (χ3n) is 14.3. The van der Waals surface area contributed by atoms with Crippen molar-refractivity contribution in [2.45, 2.75) is 260 Å². The van der Waals surface area contributed by atoms with E-state index >= 15 is 0 Å². The van der Waals surface area contributed by atoms with E-state index in [9.17, 15) is 28.8 Å². The fourth-order valence-corrected chi connectivity index (χ4v) is 9.05. The van der Waals surface area contributed by atoms with Crippen LogP contribution < -0.4 is 4.74 Å². The second-order valence-electron chi connectivity index (χ2n) is 21.9. The summed E-state index contributed by atoms with van der Waals surface area (Å²) in [4.78, 5) is 70.0. The number of ether oxygens (including phenoxy) is 6. The molecule has 0 aliphatic heterocycles. The van der Waals surface area contributed by atoms with Crippen molar-refractivity contribution in [1.29, 1.82) is 0 Å². The zero-order valence-corrected chi connectivity index (χ0v) is 52.2. The Hall–Kier alpha value is -5.20. The largest absolute Gasteiger partial charge is 0.497 e. The molecule has 0 aliphatic rings. The Morgan fingerprint density at radius 3 is 1.52 bits per heavy atom. The standard InChI is InChI=1S/C34H58O10.C18H36.C16H19NO2/c1-4-5-6-7-8-9-10-11-12-13-14-15-16-17-18-19-32(37)42-25-31(24-40-26-35)44-34(39)23-30(3)21-20-29(2)22-33(38)43-28-41-27-36;1-3-5-7-9-11-13-15-17-18-16-14-12-10-8-6-4-2;1-12(18)17(2)10-9-14-6-4-5-13-7-8-15(19-3)11-16(13)14/h11-12,26-27,29-31H,4-10,13-25,28H2,1-3H3;17-18H,3-16H2,1-2H3;4-8,11H,9-10H2,1-3H3/b12-11-;18-17-;. The number of carbonyl (C=O) groups is 6. The highest BCUT2D eigenvalue weighted by Gasteiger charge is 2.21. The van der Waals surface area contributed by atoms with Crippen LogP contribution in [0.2, 0.25) is 0 Å². The summed E-state index contributed by atoms with van der Waals surface area (Å²) in [5.41, 5.74) is 1.24. The molecule has 2 aromatic carbocycles. The van der Waals surface area contributed by atoms with Crippen LogP contribution in [0.4, 0.5) is 0 Å². The van der Waals surface area contributed by atoms with Crippen LogP contribution in [0.1, 0.15) is 253 Å². The van der Waals surface area contributed by atoms with E-state index in [1.54, 1.807) is 18.9 Å². The second kappa shape index (κ2) is 55.3. The van der Waals surface area contributed by atoms with Gasteiger partial charge in [0.05, 0.1) is 7.11 Å². The van der Waals surface area contributed by atoms with Crippen LogP contribution in [0, 0.1) is 11.8 Å². The minimum absolute atomic E-state index is 0.0179. The van der Waals surface area contributed by atoms with E-state index in [0.29, 0.717) is 19.3 Å². The Morgan fingerprint density at radius 2 is 1.04 bits per heavy atom. The first-order chi connectivity index (χ1) is 39.3. The minimum Gasteiger partial charge on any atom is -0.497 e. The van der Waals surface area contributed by atoms with Crippen LogP contribution in [0.15, 0.2) is 60.7 Å². The van der Waals surface area contributed by atoms with Crippen LogP contribution in [0.3, 0.4) is 0 Å². The molecule has 0 heterocycles. The summed E-state index contributed by atoms with van der Waals surface area (Å²) in [6.07, 6.45) is 46.3. The first-order valence-corrected chi connectivity index (χ1v) is 31.5. The number of amides is 1. The predicted molar refractivity (Wildman–Crippen MR) is 330 cm³/mol. The van der Waals surface area contributed by atoms with Crippen LogP contribution in [0.5, 0.6) is 5.75 Å². The van der Waals surface area contributed by atoms with E-state index < -0.39 is 24.8 Å². The molecule has 0 fully saturated rings. The Labute approximate surface area is 491 Å². The Bertz CT molecular complexity index is 1910. The average molecular weight is 1140 g/mol. The number of hydrogen-bond donors (Lipinski definition) is 0. The molecule has 2 rings (SSSR count). The molecule has 3 atom stereocenters. The van der Waals surface area contributed by atoms with E-state index in [0.717, 1.165) is 57.2 Å². The number of carbonyl (C=O) groups excluding carboxylic acids is 6. The smallest absolute Gasteiger partial charge is 0.308 e. The molecule has 0 aromatic heterocycles. The molecule has 81 heavy (non-hydrogen) atoms. The van der Waals surface area contributed by atoms with Crippen LogP contribution in [-0.4, -0.2) is 88.5 Å². The van der Waals surface area contributed by atoms with Crippen molar-refractivity contribution in [3.63, 3.8) is 0 Å². The number of esters is 3. The number of hydrogen-bond acceptors (Lipinski definition) is 12. The molecule has 13 heteroatoms. The van der Waals surface area contributed by atoms with Crippen molar-refractivity contribution < 1.29 is 57.2 Å². The highest BCUT2D eigenvalue weighted by Crippen LogP contribution is 2.25. The van der Waals surface area contributed by atoms with E-state index in [4.69, 9.17) is 23.7 Å². The summed E-state index contributed by atoms with van der Waals surface area (Å²) >= 11 is 0. The number of nitrogens with zero attached hydrogens (tertiary/aromatic N) is 1. The molecule has 0 saturated carbocycles. The maximum Gasteiger partial charge on any atom is 0.308 e. The summed E-state index contributed by atoms with van der Waals surface area (Å²) in [5.74, 6) is -0.353. The molecule has 0 aliphatic carbocycles. The van der Waals surface area contributed by atoms with E-state index in [1.807, 2.05) is 27.0 Å². The quantitative estimate of drug-likeness (QED) is 0.0154. The maximum atomic E-state index is 12.4. The molecule has 0 saturated heterocycles. The fourth-order valence-electron chi connectivity index (χ4n) is 9.05.